The minimum atomic E-state index is -0.686. The van der Waals surface area contributed by atoms with Crippen molar-refractivity contribution in [2.75, 3.05) is 26.2 Å². The number of ketones is 1. The molecule has 31 heavy (non-hydrogen) atoms. The number of carbonyl (C=O) groups is 3. The van der Waals surface area contributed by atoms with Gasteiger partial charge in [0.15, 0.2) is 5.78 Å². The lowest BCUT2D eigenvalue weighted by Crippen LogP contribution is -2.54. The van der Waals surface area contributed by atoms with Crippen LogP contribution in [0.1, 0.15) is 56.8 Å². The summed E-state index contributed by atoms with van der Waals surface area (Å²) in [6.45, 7) is 9.14. The molecule has 2 amide bonds. The molecular formula is C23H35N3O4S. The second kappa shape index (κ2) is 11.2. The summed E-state index contributed by atoms with van der Waals surface area (Å²) in [6, 6.07) is 0.400. The van der Waals surface area contributed by atoms with Crippen LogP contribution in [0.2, 0.25) is 0 Å². The molecule has 2 aliphatic rings. The van der Waals surface area contributed by atoms with Crippen molar-refractivity contribution in [2.24, 2.45) is 11.8 Å². The van der Waals surface area contributed by atoms with Crippen molar-refractivity contribution in [1.82, 2.24) is 15.5 Å². The largest absolute Gasteiger partial charge is 0.366 e. The Bertz CT molecular complexity index is 746. The van der Waals surface area contributed by atoms with E-state index in [1.54, 1.807) is 11.4 Å². The molecular weight excluding hydrogens is 414 g/mol. The van der Waals surface area contributed by atoms with Crippen LogP contribution in [0.25, 0.3) is 0 Å². The van der Waals surface area contributed by atoms with Crippen molar-refractivity contribution in [3.8, 4) is 0 Å². The van der Waals surface area contributed by atoms with E-state index in [0.29, 0.717) is 30.4 Å². The molecule has 3 heterocycles. The standard InChI is InChI=1S/C23H35N3O4S/c1-15(2)16(3)6-7-18(24-22(28)17-8-11-31-14-17)23(29)25-21-19(27)13-30-20(21)12-26-9-4-5-10-26/h8,11,14-16,18,20-21H,4-7,9-10,12-13H2,1-3H3,(H,24,28)(H,25,29)/t16?,18-,20?,21?/m0/s1. The lowest BCUT2D eigenvalue weighted by atomic mass is 9.91. The van der Waals surface area contributed by atoms with Crippen LogP contribution >= 0.6 is 11.3 Å². The Balaban J connectivity index is 1.65. The zero-order chi connectivity index (χ0) is 22.4. The molecule has 2 saturated heterocycles. The number of hydrogen-bond acceptors (Lipinski definition) is 6. The van der Waals surface area contributed by atoms with Crippen LogP contribution < -0.4 is 10.6 Å². The molecule has 2 aliphatic heterocycles. The van der Waals surface area contributed by atoms with Crippen LogP contribution in [0.5, 0.6) is 0 Å². The predicted molar refractivity (Wildman–Crippen MR) is 121 cm³/mol. The molecule has 2 N–H and O–H groups in total. The highest BCUT2D eigenvalue weighted by molar-refractivity contribution is 7.08. The van der Waals surface area contributed by atoms with Gasteiger partial charge in [-0.1, -0.05) is 20.8 Å². The summed E-state index contributed by atoms with van der Waals surface area (Å²) in [5.74, 6) is 0.241. The summed E-state index contributed by atoms with van der Waals surface area (Å²) in [6.07, 6.45) is 3.31. The predicted octanol–water partition coefficient (Wildman–Crippen LogP) is 2.47. The van der Waals surface area contributed by atoms with E-state index in [9.17, 15) is 14.4 Å². The Morgan fingerprint density at radius 2 is 1.97 bits per heavy atom. The Morgan fingerprint density at radius 3 is 2.61 bits per heavy atom. The summed E-state index contributed by atoms with van der Waals surface area (Å²) in [4.78, 5) is 40.5. The molecule has 172 valence electrons. The second-order valence-electron chi connectivity index (χ2n) is 9.15. The third kappa shape index (κ3) is 6.60. The molecule has 3 unspecified atom stereocenters. The fraction of sp³-hybridized carbons (Fsp3) is 0.696. The van der Waals surface area contributed by atoms with Crippen molar-refractivity contribution in [3.63, 3.8) is 0 Å². The van der Waals surface area contributed by atoms with E-state index in [-0.39, 0.29) is 30.3 Å². The molecule has 7 nitrogen and oxygen atoms in total. The van der Waals surface area contributed by atoms with Gasteiger partial charge in [-0.3, -0.25) is 14.4 Å². The number of thiophene rings is 1. The second-order valence-corrected chi connectivity index (χ2v) is 9.93. The Kier molecular flexibility index (Phi) is 8.63. The maximum absolute atomic E-state index is 13.2. The van der Waals surface area contributed by atoms with Gasteiger partial charge in [-0.15, -0.1) is 0 Å². The SMILES string of the molecule is CC(C)C(C)CC[C@H](NC(=O)c1ccsc1)C(=O)NC1C(=O)COC1CN1CCCC1. The molecule has 4 atom stereocenters. The van der Waals surface area contributed by atoms with Gasteiger partial charge in [0, 0.05) is 11.9 Å². The van der Waals surface area contributed by atoms with E-state index in [1.807, 2.05) is 5.38 Å². The fourth-order valence-corrected chi connectivity index (χ4v) is 4.69. The lowest BCUT2D eigenvalue weighted by molar-refractivity contribution is -0.127. The topological polar surface area (TPSA) is 87.7 Å². The fourth-order valence-electron chi connectivity index (χ4n) is 4.05. The molecule has 1 aromatic rings. The first-order valence-corrected chi connectivity index (χ1v) is 12.3. The van der Waals surface area contributed by atoms with E-state index in [2.05, 4.69) is 36.3 Å². The van der Waals surface area contributed by atoms with Gasteiger partial charge < -0.3 is 20.3 Å². The minimum absolute atomic E-state index is 0.0275. The third-order valence-corrected chi connectivity index (χ3v) is 7.23. The monoisotopic (exact) mass is 449 g/mol. The number of carbonyl (C=O) groups excluding carboxylic acids is 3. The van der Waals surface area contributed by atoms with E-state index in [0.717, 1.165) is 32.4 Å². The van der Waals surface area contributed by atoms with Gasteiger partial charge in [-0.05, 0) is 62.1 Å². The van der Waals surface area contributed by atoms with Crippen molar-refractivity contribution >= 4 is 28.9 Å². The number of nitrogens with one attached hydrogen (secondary N) is 2. The first-order chi connectivity index (χ1) is 14.8. The smallest absolute Gasteiger partial charge is 0.252 e. The van der Waals surface area contributed by atoms with Crippen LogP contribution in [0.15, 0.2) is 16.8 Å². The number of likely N-dealkylation sites (tertiary alicyclic amines) is 1. The van der Waals surface area contributed by atoms with Gasteiger partial charge in [0.25, 0.3) is 5.91 Å². The first-order valence-electron chi connectivity index (χ1n) is 11.3. The normalized spacial score (nSPS) is 23.8. The molecule has 0 radical (unpaired) electrons. The van der Waals surface area contributed by atoms with Crippen molar-refractivity contribution in [3.05, 3.63) is 22.4 Å². The first kappa shape index (κ1) is 23.9. The number of rotatable bonds is 10. The van der Waals surface area contributed by atoms with Gasteiger partial charge in [-0.2, -0.15) is 11.3 Å². The lowest BCUT2D eigenvalue weighted by Gasteiger charge is -2.26. The molecule has 2 fully saturated rings. The minimum Gasteiger partial charge on any atom is -0.366 e. The highest BCUT2D eigenvalue weighted by Crippen LogP contribution is 2.19. The van der Waals surface area contributed by atoms with Gasteiger partial charge in [-0.25, -0.2) is 0 Å². The number of Topliss-reactive ketones (excluding diaryl/α,β-unsaturated/α-hetero) is 1. The molecule has 0 bridgehead atoms. The van der Waals surface area contributed by atoms with E-state index in [4.69, 9.17) is 4.74 Å². The zero-order valence-electron chi connectivity index (χ0n) is 18.8. The maximum atomic E-state index is 13.2. The van der Waals surface area contributed by atoms with Gasteiger partial charge in [0.05, 0.1) is 11.7 Å². The molecule has 3 rings (SSSR count). The number of ether oxygens (including phenoxy) is 1. The van der Waals surface area contributed by atoms with Gasteiger partial charge in [0.1, 0.15) is 18.7 Å². The molecule has 0 saturated carbocycles. The van der Waals surface area contributed by atoms with Gasteiger partial charge in [0.2, 0.25) is 5.91 Å². The van der Waals surface area contributed by atoms with Crippen LogP contribution in [0, 0.1) is 11.8 Å². The number of amides is 2. The van der Waals surface area contributed by atoms with Crippen molar-refractivity contribution in [2.45, 2.75) is 64.6 Å². The average Bonchev–Trinajstić information content (AvgIpc) is 3.50. The molecule has 1 aromatic heterocycles. The summed E-state index contributed by atoms with van der Waals surface area (Å²) in [5.41, 5.74) is 0.548. The maximum Gasteiger partial charge on any atom is 0.252 e. The zero-order valence-corrected chi connectivity index (χ0v) is 19.6. The van der Waals surface area contributed by atoms with Crippen LogP contribution in [0.3, 0.4) is 0 Å². The Hall–Kier alpha value is -1.77. The van der Waals surface area contributed by atoms with E-state index < -0.39 is 12.1 Å². The Morgan fingerprint density at radius 1 is 1.23 bits per heavy atom. The molecule has 0 aromatic carbocycles. The summed E-state index contributed by atoms with van der Waals surface area (Å²) in [5, 5.41) is 9.39. The molecule has 0 aliphatic carbocycles. The molecule has 0 spiro atoms. The highest BCUT2D eigenvalue weighted by Gasteiger charge is 2.39. The number of nitrogens with zero attached hydrogens (tertiary/aromatic N) is 1. The highest BCUT2D eigenvalue weighted by atomic mass is 32.1. The van der Waals surface area contributed by atoms with Crippen LogP contribution in [0.4, 0.5) is 0 Å². The van der Waals surface area contributed by atoms with E-state index in [1.165, 1.54) is 11.3 Å². The van der Waals surface area contributed by atoms with Crippen LogP contribution in [-0.2, 0) is 14.3 Å². The van der Waals surface area contributed by atoms with Gasteiger partial charge >= 0.3 is 0 Å². The Labute approximate surface area is 188 Å². The molecule has 8 heteroatoms. The van der Waals surface area contributed by atoms with Crippen molar-refractivity contribution < 1.29 is 19.1 Å². The quantitative estimate of drug-likeness (QED) is 0.573. The average molecular weight is 450 g/mol. The number of hydrogen-bond donors (Lipinski definition) is 2. The van der Waals surface area contributed by atoms with E-state index >= 15 is 0 Å². The third-order valence-electron chi connectivity index (χ3n) is 6.55. The summed E-state index contributed by atoms with van der Waals surface area (Å²) < 4.78 is 5.70. The summed E-state index contributed by atoms with van der Waals surface area (Å²) in [7, 11) is 0. The summed E-state index contributed by atoms with van der Waals surface area (Å²) >= 11 is 1.44. The van der Waals surface area contributed by atoms with Crippen molar-refractivity contribution in [1.29, 1.82) is 0 Å². The van der Waals surface area contributed by atoms with Crippen LogP contribution in [-0.4, -0.2) is 66.9 Å².